The SMILES string of the molecule is CC(F)C(Cl)C(F)(F)F. The minimum absolute atomic E-state index is 0.769. The van der Waals surface area contributed by atoms with Gasteiger partial charge in [0.1, 0.15) is 6.17 Å². The molecular weight excluding hydrogens is 159 g/mol. The van der Waals surface area contributed by atoms with Crippen molar-refractivity contribution in [1.29, 1.82) is 0 Å². The van der Waals surface area contributed by atoms with Crippen molar-refractivity contribution in [3.8, 4) is 0 Å². The summed E-state index contributed by atoms with van der Waals surface area (Å²) < 4.78 is 45.7. The Labute approximate surface area is 54.8 Å². The van der Waals surface area contributed by atoms with E-state index in [0.717, 1.165) is 6.92 Å². The van der Waals surface area contributed by atoms with Crippen molar-refractivity contribution in [2.75, 3.05) is 0 Å². The van der Waals surface area contributed by atoms with Crippen LogP contribution in [-0.2, 0) is 0 Å². The Morgan fingerprint density at radius 2 is 1.67 bits per heavy atom. The minimum atomic E-state index is -4.63. The maximum absolute atomic E-state index is 11.7. The molecule has 0 saturated carbocycles. The van der Waals surface area contributed by atoms with Gasteiger partial charge < -0.3 is 0 Å². The molecule has 2 atom stereocenters. The summed E-state index contributed by atoms with van der Waals surface area (Å²) in [7, 11) is 0. The van der Waals surface area contributed by atoms with Crippen LogP contribution in [0.1, 0.15) is 6.92 Å². The molecule has 56 valence electrons. The van der Waals surface area contributed by atoms with Gasteiger partial charge in [0, 0.05) is 0 Å². The molecule has 0 heterocycles. The highest BCUT2D eigenvalue weighted by Crippen LogP contribution is 2.28. The summed E-state index contributed by atoms with van der Waals surface area (Å²) in [5, 5.41) is -2.38. The van der Waals surface area contributed by atoms with Gasteiger partial charge in [-0.2, -0.15) is 13.2 Å². The molecule has 0 amide bonds. The molecule has 0 bridgehead atoms. The molecule has 0 saturated heterocycles. The maximum atomic E-state index is 11.7. The van der Waals surface area contributed by atoms with Gasteiger partial charge in [-0.1, -0.05) is 0 Å². The van der Waals surface area contributed by atoms with Crippen LogP contribution in [0.25, 0.3) is 0 Å². The Morgan fingerprint density at radius 1 is 1.33 bits per heavy atom. The lowest BCUT2D eigenvalue weighted by atomic mass is 10.3. The molecule has 0 aliphatic rings. The smallest absolute Gasteiger partial charge is 0.246 e. The first kappa shape index (κ1) is 9.01. The van der Waals surface area contributed by atoms with E-state index in [2.05, 4.69) is 11.6 Å². The zero-order valence-electron chi connectivity index (χ0n) is 4.54. The van der Waals surface area contributed by atoms with Crippen LogP contribution in [0.2, 0.25) is 0 Å². The maximum Gasteiger partial charge on any atom is 0.407 e. The summed E-state index contributed by atoms with van der Waals surface area (Å²) in [6.45, 7) is 0.769. The Balaban J connectivity index is 3.88. The van der Waals surface area contributed by atoms with Crippen molar-refractivity contribution >= 4 is 11.6 Å². The normalized spacial score (nSPS) is 19.3. The summed E-state index contributed by atoms with van der Waals surface area (Å²) in [4.78, 5) is 0. The molecule has 0 aromatic carbocycles. The highest BCUT2D eigenvalue weighted by atomic mass is 35.5. The van der Waals surface area contributed by atoms with E-state index >= 15 is 0 Å². The molecule has 0 aromatic heterocycles. The van der Waals surface area contributed by atoms with Crippen molar-refractivity contribution in [1.82, 2.24) is 0 Å². The third kappa shape index (κ3) is 2.89. The molecule has 0 aliphatic carbocycles. The Hall–Kier alpha value is 0.01000. The van der Waals surface area contributed by atoms with E-state index in [1.165, 1.54) is 0 Å². The van der Waals surface area contributed by atoms with Crippen LogP contribution in [0.5, 0.6) is 0 Å². The molecule has 0 radical (unpaired) electrons. The fraction of sp³-hybridized carbons (Fsp3) is 1.00. The second-order valence-electron chi connectivity index (χ2n) is 1.62. The van der Waals surface area contributed by atoms with Gasteiger partial charge in [-0.05, 0) is 6.92 Å². The lowest BCUT2D eigenvalue weighted by Crippen LogP contribution is -2.30. The van der Waals surface area contributed by atoms with Crippen molar-refractivity contribution in [2.45, 2.75) is 24.6 Å². The van der Waals surface area contributed by atoms with Crippen LogP contribution in [-0.4, -0.2) is 17.7 Å². The van der Waals surface area contributed by atoms with Crippen LogP contribution in [0, 0.1) is 0 Å². The fourth-order valence-electron chi connectivity index (χ4n) is 0.260. The topological polar surface area (TPSA) is 0 Å². The Kier molecular flexibility index (Phi) is 2.73. The molecule has 0 N–H and O–H groups in total. The monoisotopic (exact) mass is 164 g/mol. The molecule has 0 rings (SSSR count). The van der Waals surface area contributed by atoms with Gasteiger partial charge in [-0.15, -0.1) is 11.6 Å². The van der Waals surface area contributed by atoms with Gasteiger partial charge in [0.25, 0.3) is 0 Å². The third-order valence-electron chi connectivity index (χ3n) is 0.716. The van der Waals surface area contributed by atoms with Crippen LogP contribution in [0.3, 0.4) is 0 Å². The minimum Gasteiger partial charge on any atom is -0.246 e. The molecule has 2 unspecified atom stereocenters. The summed E-state index contributed by atoms with van der Waals surface area (Å²) in [6, 6.07) is 0. The number of hydrogen-bond donors (Lipinski definition) is 0. The number of rotatable bonds is 1. The second kappa shape index (κ2) is 2.73. The van der Waals surface area contributed by atoms with Crippen LogP contribution >= 0.6 is 11.6 Å². The third-order valence-corrected chi connectivity index (χ3v) is 1.31. The van der Waals surface area contributed by atoms with E-state index in [-0.39, 0.29) is 0 Å². The summed E-state index contributed by atoms with van der Waals surface area (Å²) >= 11 is 4.59. The van der Waals surface area contributed by atoms with Gasteiger partial charge in [0.05, 0.1) is 0 Å². The summed E-state index contributed by atoms with van der Waals surface area (Å²) in [5.41, 5.74) is 0. The van der Waals surface area contributed by atoms with Crippen LogP contribution in [0.15, 0.2) is 0 Å². The predicted molar refractivity (Wildman–Crippen MR) is 26.3 cm³/mol. The molecule has 0 aliphatic heterocycles. The predicted octanol–water partition coefficient (Wildman–Crippen LogP) is 2.51. The van der Waals surface area contributed by atoms with Gasteiger partial charge in [0.2, 0.25) is 0 Å². The standard InChI is InChI=1S/C4H5ClF4/c1-2(6)3(5)4(7,8)9/h2-3H,1H3. The van der Waals surface area contributed by atoms with Crippen molar-refractivity contribution in [2.24, 2.45) is 0 Å². The first-order valence-electron chi connectivity index (χ1n) is 2.20. The zero-order valence-corrected chi connectivity index (χ0v) is 5.30. The molecule has 0 aromatic rings. The lowest BCUT2D eigenvalue weighted by molar-refractivity contribution is -0.140. The quantitative estimate of drug-likeness (QED) is 0.413. The number of hydrogen-bond acceptors (Lipinski definition) is 0. The van der Waals surface area contributed by atoms with E-state index in [4.69, 9.17) is 0 Å². The average molecular weight is 165 g/mol. The zero-order chi connectivity index (χ0) is 7.65. The first-order chi connectivity index (χ1) is 3.85. The Morgan fingerprint density at radius 3 is 1.67 bits per heavy atom. The van der Waals surface area contributed by atoms with Crippen LogP contribution < -0.4 is 0 Å². The molecule has 5 heteroatoms. The average Bonchev–Trinajstić information content (AvgIpc) is 1.62. The summed E-state index contributed by atoms with van der Waals surface area (Å²) in [5.74, 6) is 0. The number of halogens is 5. The first-order valence-corrected chi connectivity index (χ1v) is 2.64. The van der Waals surface area contributed by atoms with E-state index in [1.54, 1.807) is 0 Å². The van der Waals surface area contributed by atoms with Gasteiger partial charge in [-0.25, -0.2) is 4.39 Å². The molecule has 0 spiro atoms. The fourth-order valence-corrected chi connectivity index (χ4v) is 0.260. The van der Waals surface area contributed by atoms with Gasteiger partial charge >= 0.3 is 6.18 Å². The molecule has 0 nitrogen and oxygen atoms in total. The highest BCUT2D eigenvalue weighted by Gasteiger charge is 2.41. The van der Waals surface area contributed by atoms with Gasteiger partial charge in [-0.3, -0.25) is 0 Å². The largest absolute Gasteiger partial charge is 0.407 e. The van der Waals surface area contributed by atoms with Crippen molar-refractivity contribution < 1.29 is 17.6 Å². The lowest BCUT2D eigenvalue weighted by Gasteiger charge is -2.13. The Bertz CT molecular complexity index is 87.1. The van der Waals surface area contributed by atoms with E-state index in [9.17, 15) is 17.6 Å². The molecular formula is C4H5ClF4. The molecule has 0 fully saturated rings. The van der Waals surface area contributed by atoms with E-state index in [0.29, 0.717) is 0 Å². The van der Waals surface area contributed by atoms with Gasteiger partial charge in [0.15, 0.2) is 5.38 Å². The van der Waals surface area contributed by atoms with E-state index in [1.807, 2.05) is 0 Å². The second-order valence-corrected chi connectivity index (χ2v) is 2.09. The van der Waals surface area contributed by atoms with Crippen molar-refractivity contribution in [3.05, 3.63) is 0 Å². The van der Waals surface area contributed by atoms with E-state index < -0.39 is 17.7 Å². The number of alkyl halides is 5. The molecule has 9 heavy (non-hydrogen) atoms. The van der Waals surface area contributed by atoms with Crippen LogP contribution in [0.4, 0.5) is 17.6 Å². The summed E-state index contributed by atoms with van der Waals surface area (Å²) in [6.07, 6.45) is -6.68. The highest BCUT2D eigenvalue weighted by molar-refractivity contribution is 6.21. The van der Waals surface area contributed by atoms with Crippen molar-refractivity contribution in [3.63, 3.8) is 0 Å².